The Hall–Kier alpha value is -1.42. The third-order valence-corrected chi connectivity index (χ3v) is 2.63. The zero-order valence-corrected chi connectivity index (χ0v) is 10.5. The number of aryl methyl sites for hydroxylation is 1. The molecule has 1 amide bonds. The van der Waals surface area contributed by atoms with E-state index >= 15 is 0 Å². The third-order valence-electron chi connectivity index (χ3n) is 2.63. The molecule has 94 valence electrons. The number of amides is 1. The maximum absolute atomic E-state index is 11.7. The first kappa shape index (κ1) is 13.6. The van der Waals surface area contributed by atoms with Crippen LogP contribution in [0.5, 0.6) is 0 Å². The van der Waals surface area contributed by atoms with E-state index in [0.717, 1.165) is 5.69 Å². The van der Waals surface area contributed by atoms with Crippen LogP contribution in [0.4, 0.5) is 0 Å². The fourth-order valence-corrected chi connectivity index (χ4v) is 1.48. The molecule has 0 fully saturated rings. The zero-order chi connectivity index (χ0) is 12.7. The van der Waals surface area contributed by atoms with E-state index in [1.54, 1.807) is 25.1 Å². The summed E-state index contributed by atoms with van der Waals surface area (Å²) in [5.41, 5.74) is 0.935. The number of hydrogen-bond acceptors (Lipinski definition) is 3. The molecule has 0 spiro atoms. The smallest absolute Gasteiger partial charge is 0.222 e. The molecule has 4 heteroatoms. The Morgan fingerprint density at radius 3 is 2.88 bits per heavy atom. The van der Waals surface area contributed by atoms with Gasteiger partial charge in [0.15, 0.2) is 0 Å². The third kappa shape index (κ3) is 5.45. The monoisotopic (exact) mass is 236 g/mol. The molecule has 0 aliphatic carbocycles. The van der Waals surface area contributed by atoms with Gasteiger partial charge in [-0.25, -0.2) is 0 Å². The molecule has 0 saturated heterocycles. The fraction of sp³-hybridized carbons (Fsp3) is 0.538. The first-order valence-electron chi connectivity index (χ1n) is 5.91. The normalized spacial score (nSPS) is 12.2. The van der Waals surface area contributed by atoms with E-state index in [1.807, 2.05) is 18.2 Å². The largest absolute Gasteiger partial charge is 0.393 e. The average Bonchev–Trinajstić information content (AvgIpc) is 2.34. The molecule has 1 aromatic heterocycles. The summed E-state index contributed by atoms with van der Waals surface area (Å²) in [6.45, 7) is 2.32. The van der Waals surface area contributed by atoms with Crippen LogP contribution in [0.1, 0.15) is 25.5 Å². The van der Waals surface area contributed by atoms with Crippen molar-refractivity contribution in [3.8, 4) is 0 Å². The van der Waals surface area contributed by atoms with Gasteiger partial charge in [0.2, 0.25) is 5.91 Å². The van der Waals surface area contributed by atoms with Gasteiger partial charge >= 0.3 is 0 Å². The van der Waals surface area contributed by atoms with Crippen LogP contribution < -0.4 is 0 Å². The summed E-state index contributed by atoms with van der Waals surface area (Å²) in [5, 5.41) is 9.14. The van der Waals surface area contributed by atoms with Gasteiger partial charge in [-0.15, -0.1) is 0 Å². The van der Waals surface area contributed by atoms with Crippen molar-refractivity contribution in [1.82, 2.24) is 9.88 Å². The maximum Gasteiger partial charge on any atom is 0.222 e. The highest BCUT2D eigenvalue weighted by Gasteiger charge is 2.09. The lowest BCUT2D eigenvalue weighted by atomic mass is 10.2. The SMILES string of the molecule is CC(O)CCN(C)C(=O)CCc1ccccn1. The summed E-state index contributed by atoms with van der Waals surface area (Å²) in [7, 11) is 1.77. The quantitative estimate of drug-likeness (QED) is 0.808. The summed E-state index contributed by atoms with van der Waals surface area (Å²) in [6, 6.07) is 5.70. The first-order chi connectivity index (χ1) is 8.09. The second-order valence-corrected chi connectivity index (χ2v) is 4.27. The molecule has 0 radical (unpaired) electrons. The van der Waals surface area contributed by atoms with Gasteiger partial charge in [0.25, 0.3) is 0 Å². The van der Waals surface area contributed by atoms with E-state index in [9.17, 15) is 4.79 Å². The molecule has 1 heterocycles. The minimum absolute atomic E-state index is 0.0938. The molecule has 17 heavy (non-hydrogen) atoms. The average molecular weight is 236 g/mol. The van der Waals surface area contributed by atoms with Gasteiger partial charge in [0, 0.05) is 31.9 Å². The van der Waals surface area contributed by atoms with E-state index in [-0.39, 0.29) is 12.0 Å². The highest BCUT2D eigenvalue weighted by molar-refractivity contribution is 5.76. The van der Waals surface area contributed by atoms with Crippen LogP contribution >= 0.6 is 0 Å². The van der Waals surface area contributed by atoms with Crippen molar-refractivity contribution in [3.63, 3.8) is 0 Å². The van der Waals surface area contributed by atoms with Crippen molar-refractivity contribution >= 4 is 5.91 Å². The maximum atomic E-state index is 11.7. The summed E-state index contributed by atoms with van der Waals surface area (Å²) in [5.74, 6) is 0.0938. The molecule has 1 atom stereocenters. The number of aromatic nitrogens is 1. The molecule has 1 rings (SSSR count). The van der Waals surface area contributed by atoms with Crippen molar-refractivity contribution in [3.05, 3.63) is 30.1 Å². The molecule has 1 unspecified atom stereocenters. The molecule has 0 aromatic carbocycles. The van der Waals surface area contributed by atoms with Crippen LogP contribution in [0.25, 0.3) is 0 Å². The van der Waals surface area contributed by atoms with Crippen molar-refractivity contribution in [2.45, 2.75) is 32.3 Å². The van der Waals surface area contributed by atoms with E-state index in [0.29, 0.717) is 25.8 Å². The van der Waals surface area contributed by atoms with Gasteiger partial charge in [-0.05, 0) is 31.9 Å². The summed E-state index contributed by atoms with van der Waals surface area (Å²) in [6.07, 6.45) is 3.12. The zero-order valence-electron chi connectivity index (χ0n) is 10.5. The van der Waals surface area contributed by atoms with Crippen LogP contribution in [0.15, 0.2) is 24.4 Å². The lowest BCUT2D eigenvalue weighted by Crippen LogP contribution is -2.29. The Balaban J connectivity index is 2.29. The minimum Gasteiger partial charge on any atom is -0.393 e. The molecule has 0 bridgehead atoms. The summed E-state index contributed by atoms with van der Waals surface area (Å²) in [4.78, 5) is 17.6. The molecular formula is C13H20N2O2. The van der Waals surface area contributed by atoms with E-state index < -0.39 is 0 Å². The first-order valence-corrected chi connectivity index (χ1v) is 5.91. The minimum atomic E-state index is -0.360. The molecule has 0 aliphatic rings. The summed E-state index contributed by atoms with van der Waals surface area (Å²) < 4.78 is 0. The molecule has 4 nitrogen and oxygen atoms in total. The number of carbonyl (C=O) groups excluding carboxylic acids is 1. The van der Waals surface area contributed by atoms with Crippen LogP contribution in [0.3, 0.4) is 0 Å². The topological polar surface area (TPSA) is 53.4 Å². The Labute approximate surface area is 102 Å². The molecule has 1 N–H and O–H groups in total. The number of rotatable bonds is 6. The Kier molecular flexibility index (Phi) is 5.63. The molecule has 0 saturated carbocycles. The highest BCUT2D eigenvalue weighted by atomic mass is 16.3. The van der Waals surface area contributed by atoms with Crippen LogP contribution in [0, 0.1) is 0 Å². The van der Waals surface area contributed by atoms with Crippen molar-refractivity contribution in [2.24, 2.45) is 0 Å². The highest BCUT2D eigenvalue weighted by Crippen LogP contribution is 2.02. The fourth-order valence-electron chi connectivity index (χ4n) is 1.48. The molecule has 1 aromatic rings. The predicted octanol–water partition coefficient (Wildman–Crippen LogP) is 1.24. The Morgan fingerprint density at radius 1 is 1.53 bits per heavy atom. The Morgan fingerprint density at radius 2 is 2.29 bits per heavy atom. The lowest BCUT2D eigenvalue weighted by molar-refractivity contribution is -0.130. The lowest BCUT2D eigenvalue weighted by Gasteiger charge is -2.17. The van der Waals surface area contributed by atoms with Crippen LogP contribution in [-0.4, -0.2) is 40.6 Å². The number of carbonyl (C=O) groups is 1. The van der Waals surface area contributed by atoms with Crippen LogP contribution in [0.2, 0.25) is 0 Å². The van der Waals surface area contributed by atoms with Gasteiger partial charge in [-0.1, -0.05) is 6.07 Å². The number of aliphatic hydroxyl groups is 1. The van der Waals surface area contributed by atoms with Gasteiger partial charge in [-0.3, -0.25) is 9.78 Å². The van der Waals surface area contributed by atoms with E-state index in [2.05, 4.69) is 4.98 Å². The standard InChI is InChI=1S/C13H20N2O2/c1-11(16)8-10-15(2)13(17)7-6-12-5-3-4-9-14-12/h3-5,9,11,16H,6-8,10H2,1-2H3. The van der Waals surface area contributed by atoms with E-state index in [4.69, 9.17) is 5.11 Å². The number of nitrogens with zero attached hydrogens (tertiary/aromatic N) is 2. The predicted molar refractivity (Wildman–Crippen MR) is 66.5 cm³/mol. The number of aliphatic hydroxyl groups excluding tert-OH is 1. The summed E-state index contributed by atoms with van der Waals surface area (Å²) >= 11 is 0. The van der Waals surface area contributed by atoms with Gasteiger partial charge in [-0.2, -0.15) is 0 Å². The van der Waals surface area contributed by atoms with Gasteiger partial charge in [0.1, 0.15) is 0 Å². The molecular weight excluding hydrogens is 216 g/mol. The number of hydrogen-bond donors (Lipinski definition) is 1. The van der Waals surface area contributed by atoms with E-state index in [1.165, 1.54) is 0 Å². The van der Waals surface area contributed by atoms with Gasteiger partial charge in [0.05, 0.1) is 6.10 Å². The van der Waals surface area contributed by atoms with Crippen molar-refractivity contribution in [2.75, 3.05) is 13.6 Å². The van der Waals surface area contributed by atoms with Crippen molar-refractivity contribution in [1.29, 1.82) is 0 Å². The van der Waals surface area contributed by atoms with Crippen molar-refractivity contribution < 1.29 is 9.90 Å². The number of pyridine rings is 1. The second kappa shape index (κ2) is 7.01. The molecule has 0 aliphatic heterocycles. The second-order valence-electron chi connectivity index (χ2n) is 4.27. The van der Waals surface area contributed by atoms with Crippen LogP contribution in [-0.2, 0) is 11.2 Å². The van der Waals surface area contributed by atoms with Gasteiger partial charge < -0.3 is 10.0 Å². The Bertz CT molecular complexity index is 339.